The van der Waals surface area contributed by atoms with E-state index in [9.17, 15) is 9.59 Å². The average molecular weight is 286 g/mol. The highest BCUT2D eigenvalue weighted by molar-refractivity contribution is 5.93. The van der Waals surface area contributed by atoms with Gasteiger partial charge in [-0.05, 0) is 32.0 Å². The van der Waals surface area contributed by atoms with E-state index in [-0.39, 0.29) is 12.5 Å². The fourth-order valence-electron chi connectivity index (χ4n) is 2.22. The Morgan fingerprint density at radius 1 is 1.19 bits per heavy atom. The lowest BCUT2D eigenvalue weighted by Gasteiger charge is -2.09. The zero-order chi connectivity index (χ0) is 15.4. The van der Waals surface area contributed by atoms with Gasteiger partial charge in [-0.3, -0.25) is 4.79 Å². The first-order chi connectivity index (χ1) is 10.0. The zero-order valence-electron chi connectivity index (χ0n) is 12.3. The van der Waals surface area contributed by atoms with Crippen molar-refractivity contribution in [1.82, 2.24) is 9.88 Å². The molecule has 1 aromatic heterocycles. The summed E-state index contributed by atoms with van der Waals surface area (Å²) >= 11 is 0. The highest BCUT2D eigenvalue weighted by atomic mass is 16.5. The van der Waals surface area contributed by atoms with Crippen molar-refractivity contribution in [2.45, 2.75) is 13.8 Å². The molecule has 0 unspecified atom stereocenters. The minimum absolute atomic E-state index is 0.273. The number of benzene rings is 1. The Hall–Kier alpha value is -2.56. The number of hydrogen-bond donors (Lipinski definition) is 1. The van der Waals surface area contributed by atoms with Crippen LogP contribution in [0.2, 0.25) is 0 Å². The van der Waals surface area contributed by atoms with E-state index in [2.05, 4.69) is 5.32 Å². The summed E-state index contributed by atoms with van der Waals surface area (Å²) in [5.74, 6) is -0.825. The summed E-state index contributed by atoms with van der Waals surface area (Å²) in [6, 6.07) is 11.5. The number of amides is 1. The maximum absolute atomic E-state index is 12.1. The van der Waals surface area contributed by atoms with Crippen LogP contribution in [0.5, 0.6) is 0 Å². The third-order valence-electron chi connectivity index (χ3n) is 3.28. The number of aryl methyl sites for hydroxylation is 1. The van der Waals surface area contributed by atoms with E-state index in [1.54, 1.807) is 6.07 Å². The number of rotatable bonds is 4. The third kappa shape index (κ3) is 3.13. The lowest BCUT2D eigenvalue weighted by molar-refractivity contribution is -0.123. The number of ether oxygens (including phenoxy) is 1. The Bertz CT molecular complexity index is 660. The van der Waals surface area contributed by atoms with Crippen LogP contribution >= 0.6 is 0 Å². The fourth-order valence-corrected chi connectivity index (χ4v) is 2.22. The monoisotopic (exact) mass is 286 g/mol. The van der Waals surface area contributed by atoms with Crippen LogP contribution in [0, 0.1) is 13.8 Å². The lowest BCUT2D eigenvalue weighted by Crippen LogP contribution is -2.25. The molecule has 21 heavy (non-hydrogen) atoms. The number of carbonyl (C=O) groups excluding carboxylic acids is 2. The minimum atomic E-state index is -0.492. The Labute approximate surface area is 123 Å². The lowest BCUT2D eigenvalue weighted by atomic mass is 10.2. The van der Waals surface area contributed by atoms with E-state index < -0.39 is 5.97 Å². The first-order valence-corrected chi connectivity index (χ1v) is 6.66. The molecule has 1 N–H and O–H groups in total. The largest absolute Gasteiger partial charge is 0.452 e. The average Bonchev–Trinajstić information content (AvgIpc) is 2.80. The van der Waals surface area contributed by atoms with E-state index in [1.165, 1.54) is 7.05 Å². The summed E-state index contributed by atoms with van der Waals surface area (Å²) in [6.45, 7) is 3.51. The number of likely N-dealkylation sites (N-methyl/N-ethyl adjacent to an activating group) is 1. The molecule has 0 saturated carbocycles. The standard InChI is InChI=1S/C16H18N2O3/c1-11-9-14(16(20)21-10-15(19)17-3)12(2)18(11)13-7-5-4-6-8-13/h4-9H,10H2,1-3H3,(H,17,19). The van der Waals surface area contributed by atoms with Gasteiger partial charge in [-0.25, -0.2) is 4.79 Å². The molecule has 0 fully saturated rings. The van der Waals surface area contributed by atoms with Crippen LogP contribution in [0.3, 0.4) is 0 Å². The van der Waals surface area contributed by atoms with Gasteiger partial charge >= 0.3 is 5.97 Å². The summed E-state index contributed by atoms with van der Waals surface area (Å²) in [5, 5.41) is 2.41. The van der Waals surface area contributed by atoms with Crippen LogP contribution in [0.4, 0.5) is 0 Å². The molecule has 0 spiro atoms. The molecule has 110 valence electrons. The molecule has 0 aliphatic carbocycles. The van der Waals surface area contributed by atoms with Crippen LogP contribution in [-0.2, 0) is 9.53 Å². The van der Waals surface area contributed by atoms with Gasteiger partial charge in [0.1, 0.15) is 0 Å². The summed E-state index contributed by atoms with van der Waals surface area (Å²) in [4.78, 5) is 23.2. The molecule has 0 bridgehead atoms. The van der Waals surface area contributed by atoms with E-state index in [0.717, 1.165) is 17.1 Å². The Morgan fingerprint density at radius 3 is 2.48 bits per heavy atom. The predicted molar refractivity (Wildman–Crippen MR) is 79.6 cm³/mol. The number of esters is 1. The first kappa shape index (κ1) is 14.8. The smallest absolute Gasteiger partial charge is 0.340 e. The normalized spacial score (nSPS) is 10.2. The number of aromatic nitrogens is 1. The molecule has 5 heteroatoms. The SMILES string of the molecule is CNC(=O)COC(=O)c1cc(C)n(-c2ccccc2)c1C. The summed E-state index contributed by atoms with van der Waals surface area (Å²) in [7, 11) is 1.50. The van der Waals surface area contributed by atoms with Crippen LogP contribution in [0.1, 0.15) is 21.7 Å². The van der Waals surface area contributed by atoms with Gasteiger partial charge in [-0.15, -0.1) is 0 Å². The van der Waals surface area contributed by atoms with E-state index in [0.29, 0.717) is 5.56 Å². The van der Waals surface area contributed by atoms with Crippen molar-refractivity contribution in [2.24, 2.45) is 0 Å². The molecule has 0 aliphatic heterocycles. The van der Waals surface area contributed by atoms with E-state index >= 15 is 0 Å². The molecule has 5 nitrogen and oxygen atoms in total. The van der Waals surface area contributed by atoms with Gasteiger partial charge in [0, 0.05) is 24.1 Å². The van der Waals surface area contributed by atoms with Crippen LogP contribution in [0.15, 0.2) is 36.4 Å². The molecule has 2 aromatic rings. The minimum Gasteiger partial charge on any atom is -0.452 e. The number of para-hydroxylation sites is 1. The van der Waals surface area contributed by atoms with E-state index in [4.69, 9.17) is 4.74 Å². The predicted octanol–water partition coefficient (Wildman–Crippen LogP) is 2.00. The second-order valence-corrected chi connectivity index (χ2v) is 4.71. The first-order valence-electron chi connectivity index (χ1n) is 6.66. The summed E-state index contributed by atoms with van der Waals surface area (Å²) in [6.07, 6.45) is 0. The molecule has 0 aliphatic rings. The number of nitrogens with zero attached hydrogens (tertiary/aromatic N) is 1. The maximum Gasteiger partial charge on any atom is 0.340 e. The fraction of sp³-hybridized carbons (Fsp3) is 0.250. The quantitative estimate of drug-likeness (QED) is 0.874. The molecular weight excluding hydrogens is 268 g/mol. The molecule has 0 radical (unpaired) electrons. The summed E-state index contributed by atoms with van der Waals surface area (Å²) < 4.78 is 6.98. The summed E-state index contributed by atoms with van der Waals surface area (Å²) in [5.41, 5.74) is 3.18. The van der Waals surface area contributed by atoms with Crippen molar-refractivity contribution in [3.8, 4) is 5.69 Å². The van der Waals surface area contributed by atoms with Crippen molar-refractivity contribution < 1.29 is 14.3 Å². The second kappa shape index (κ2) is 6.26. The van der Waals surface area contributed by atoms with Crippen molar-refractivity contribution in [2.75, 3.05) is 13.7 Å². The van der Waals surface area contributed by atoms with Gasteiger partial charge in [0.2, 0.25) is 0 Å². The Balaban J connectivity index is 2.27. The highest BCUT2D eigenvalue weighted by Crippen LogP contribution is 2.21. The van der Waals surface area contributed by atoms with Crippen molar-refractivity contribution in [3.63, 3.8) is 0 Å². The molecule has 1 heterocycles. The molecule has 0 atom stereocenters. The van der Waals surface area contributed by atoms with Gasteiger partial charge in [0.15, 0.2) is 6.61 Å². The number of carbonyl (C=O) groups is 2. The number of nitrogens with one attached hydrogen (secondary N) is 1. The van der Waals surface area contributed by atoms with Gasteiger partial charge < -0.3 is 14.6 Å². The maximum atomic E-state index is 12.1. The van der Waals surface area contributed by atoms with Gasteiger partial charge in [0.05, 0.1) is 5.56 Å². The molecule has 1 amide bonds. The highest BCUT2D eigenvalue weighted by Gasteiger charge is 2.18. The van der Waals surface area contributed by atoms with Gasteiger partial charge in [-0.2, -0.15) is 0 Å². The van der Waals surface area contributed by atoms with Crippen LogP contribution in [-0.4, -0.2) is 30.1 Å². The zero-order valence-corrected chi connectivity index (χ0v) is 12.3. The number of hydrogen-bond acceptors (Lipinski definition) is 3. The topological polar surface area (TPSA) is 60.3 Å². The Morgan fingerprint density at radius 2 is 1.86 bits per heavy atom. The van der Waals surface area contributed by atoms with Crippen molar-refractivity contribution in [3.05, 3.63) is 53.3 Å². The van der Waals surface area contributed by atoms with Crippen molar-refractivity contribution in [1.29, 1.82) is 0 Å². The van der Waals surface area contributed by atoms with Crippen LogP contribution in [0.25, 0.3) is 5.69 Å². The molecule has 1 aromatic carbocycles. The van der Waals surface area contributed by atoms with Gasteiger partial charge in [-0.1, -0.05) is 18.2 Å². The van der Waals surface area contributed by atoms with Gasteiger partial charge in [0.25, 0.3) is 5.91 Å². The molecule has 0 saturated heterocycles. The molecule has 2 rings (SSSR count). The second-order valence-electron chi connectivity index (χ2n) is 4.71. The van der Waals surface area contributed by atoms with Crippen LogP contribution < -0.4 is 5.32 Å². The van der Waals surface area contributed by atoms with Crippen molar-refractivity contribution >= 4 is 11.9 Å². The Kier molecular flexibility index (Phi) is 4.42. The molecular formula is C16H18N2O3. The third-order valence-corrected chi connectivity index (χ3v) is 3.28. The van der Waals surface area contributed by atoms with E-state index in [1.807, 2.05) is 48.7 Å².